The number of fused-ring (bicyclic) bond motifs is 3. The maximum Gasteiger partial charge on any atom is 0.498 e. The first-order valence-corrected chi connectivity index (χ1v) is 7.75. The SMILES string of the molecule is CC1(C)OB(c2cccc3c2oc2ccc(F)cc23)OC1(C)C. The zero-order valence-corrected chi connectivity index (χ0v) is 13.6. The van der Waals surface area contributed by atoms with E-state index in [9.17, 15) is 4.39 Å². The highest BCUT2D eigenvalue weighted by Gasteiger charge is 2.52. The summed E-state index contributed by atoms with van der Waals surface area (Å²) in [5, 5.41) is 1.63. The fourth-order valence-corrected chi connectivity index (χ4v) is 2.95. The van der Waals surface area contributed by atoms with Gasteiger partial charge in [0.2, 0.25) is 0 Å². The van der Waals surface area contributed by atoms with Gasteiger partial charge in [0, 0.05) is 16.2 Å². The maximum absolute atomic E-state index is 13.6. The molecule has 3 nitrogen and oxygen atoms in total. The molecule has 0 amide bonds. The lowest BCUT2D eigenvalue weighted by Crippen LogP contribution is -2.41. The molecule has 0 bridgehead atoms. The van der Waals surface area contributed by atoms with Gasteiger partial charge in [-0.2, -0.15) is 0 Å². The van der Waals surface area contributed by atoms with Crippen molar-refractivity contribution in [1.82, 2.24) is 0 Å². The molecule has 1 saturated heterocycles. The van der Waals surface area contributed by atoms with Crippen LogP contribution >= 0.6 is 0 Å². The van der Waals surface area contributed by atoms with Gasteiger partial charge in [0.25, 0.3) is 0 Å². The van der Waals surface area contributed by atoms with Crippen molar-refractivity contribution in [2.45, 2.75) is 38.9 Å². The molecule has 23 heavy (non-hydrogen) atoms. The van der Waals surface area contributed by atoms with E-state index < -0.39 is 18.3 Å². The summed E-state index contributed by atoms with van der Waals surface area (Å²) in [5.41, 5.74) is 1.34. The molecule has 4 rings (SSSR count). The predicted octanol–water partition coefficient (Wildman–Crippen LogP) is 4.02. The Hall–Kier alpha value is -1.85. The van der Waals surface area contributed by atoms with Gasteiger partial charge in [-0.3, -0.25) is 0 Å². The van der Waals surface area contributed by atoms with E-state index in [0.29, 0.717) is 11.2 Å². The Balaban J connectivity index is 1.90. The van der Waals surface area contributed by atoms with Crippen LogP contribution in [-0.2, 0) is 9.31 Å². The van der Waals surface area contributed by atoms with Crippen molar-refractivity contribution >= 4 is 34.5 Å². The Bertz CT molecular complexity index is 897. The molecule has 5 heteroatoms. The minimum atomic E-state index is -0.505. The lowest BCUT2D eigenvalue weighted by atomic mass is 9.78. The second-order valence-corrected chi connectivity index (χ2v) is 7.05. The molecule has 0 spiro atoms. The summed E-state index contributed by atoms with van der Waals surface area (Å²) in [6, 6.07) is 10.3. The molecule has 2 aromatic carbocycles. The molecule has 1 fully saturated rings. The summed E-state index contributed by atoms with van der Waals surface area (Å²) in [4.78, 5) is 0. The number of hydrogen-bond acceptors (Lipinski definition) is 3. The summed E-state index contributed by atoms with van der Waals surface area (Å²) >= 11 is 0. The molecule has 1 aliphatic rings. The van der Waals surface area contributed by atoms with Crippen LogP contribution < -0.4 is 5.46 Å². The van der Waals surface area contributed by atoms with E-state index in [-0.39, 0.29) is 5.82 Å². The van der Waals surface area contributed by atoms with Crippen molar-refractivity contribution in [2.75, 3.05) is 0 Å². The fourth-order valence-electron chi connectivity index (χ4n) is 2.95. The molecule has 0 aliphatic carbocycles. The summed E-state index contributed by atoms with van der Waals surface area (Å²) in [6.07, 6.45) is 0. The molecule has 0 N–H and O–H groups in total. The van der Waals surface area contributed by atoms with Crippen molar-refractivity contribution < 1.29 is 18.1 Å². The molecular weight excluding hydrogens is 294 g/mol. The number of para-hydroxylation sites is 1. The Labute approximate surface area is 134 Å². The third kappa shape index (κ3) is 2.11. The van der Waals surface area contributed by atoms with Crippen LogP contribution in [0, 0.1) is 5.82 Å². The van der Waals surface area contributed by atoms with Crippen molar-refractivity contribution in [2.24, 2.45) is 0 Å². The van der Waals surface area contributed by atoms with Crippen molar-refractivity contribution in [3.63, 3.8) is 0 Å². The van der Waals surface area contributed by atoms with Gasteiger partial charge in [-0.25, -0.2) is 4.39 Å². The summed E-state index contributed by atoms with van der Waals surface area (Å²) in [6.45, 7) is 8.06. The van der Waals surface area contributed by atoms with Crippen LogP contribution in [0.3, 0.4) is 0 Å². The van der Waals surface area contributed by atoms with Crippen LogP contribution in [-0.4, -0.2) is 18.3 Å². The largest absolute Gasteiger partial charge is 0.498 e. The van der Waals surface area contributed by atoms with Gasteiger partial charge in [0.05, 0.1) is 11.2 Å². The van der Waals surface area contributed by atoms with Gasteiger partial charge in [0.1, 0.15) is 17.0 Å². The first kappa shape index (κ1) is 14.7. The maximum atomic E-state index is 13.6. The lowest BCUT2D eigenvalue weighted by molar-refractivity contribution is 0.00578. The fraction of sp³-hybridized carbons (Fsp3) is 0.333. The van der Waals surface area contributed by atoms with Gasteiger partial charge >= 0.3 is 7.12 Å². The van der Waals surface area contributed by atoms with E-state index in [4.69, 9.17) is 13.7 Å². The Morgan fingerprint density at radius 2 is 1.61 bits per heavy atom. The van der Waals surface area contributed by atoms with Crippen LogP contribution in [0.25, 0.3) is 21.9 Å². The second-order valence-electron chi connectivity index (χ2n) is 7.05. The standard InChI is InChI=1S/C18H18BFO3/c1-17(2)18(3,4)23-19(22-17)14-7-5-6-12-13-10-11(20)8-9-15(13)21-16(12)14/h5-10H,1-4H3. The van der Waals surface area contributed by atoms with E-state index in [2.05, 4.69) is 0 Å². The molecule has 1 aliphatic heterocycles. The predicted molar refractivity (Wildman–Crippen MR) is 89.4 cm³/mol. The minimum absolute atomic E-state index is 0.277. The minimum Gasteiger partial charge on any atom is -0.456 e. The normalized spacial score (nSPS) is 19.8. The van der Waals surface area contributed by atoms with Crippen LogP contribution in [0.15, 0.2) is 40.8 Å². The van der Waals surface area contributed by atoms with Crippen LogP contribution in [0.1, 0.15) is 27.7 Å². The number of halogens is 1. The highest BCUT2D eigenvalue weighted by atomic mass is 19.1. The van der Waals surface area contributed by atoms with Crippen molar-refractivity contribution in [3.8, 4) is 0 Å². The average Bonchev–Trinajstić information content (AvgIpc) is 2.93. The Morgan fingerprint density at radius 3 is 2.30 bits per heavy atom. The highest BCUT2D eigenvalue weighted by Crippen LogP contribution is 2.37. The summed E-state index contributed by atoms with van der Waals surface area (Å²) < 4.78 is 31.8. The quantitative estimate of drug-likeness (QED) is 0.636. The van der Waals surface area contributed by atoms with Gasteiger partial charge in [-0.05, 0) is 45.9 Å². The number of rotatable bonds is 1. The van der Waals surface area contributed by atoms with E-state index in [1.165, 1.54) is 12.1 Å². The number of benzene rings is 2. The smallest absolute Gasteiger partial charge is 0.456 e. The summed E-state index contributed by atoms with van der Waals surface area (Å²) in [5.74, 6) is -0.277. The van der Waals surface area contributed by atoms with Crippen LogP contribution in [0.2, 0.25) is 0 Å². The first-order chi connectivity index (χ1) is 10.8. The summed E-state index contributed by atoms with van der Waals surface area (Å²) in [7, 11) is -0.505. The molecule has 1 aromatic heterocycles. The van der Waals surface area contributed by atoms with Gasteiger partial charge in [0.15, 0.2) is 0 Å². The molecule has 0 radical (unpaired) electrons. The van der Waals surface area contributed by atoms with Crippen LogP contribution in [0.5, 0.6) is 0 Å². The van der Waals surface area contributed by atoms with Gasteiger partial charge in [-0.15, -0.1) is 0 Å². The Kier molecular flexibility index (Phi) is 2.94. The van der Waals surface area contributed by atoms with Gasteiger partial charge in [-0.1, -0.05) is 18.2 Å². The molecular formula is C18H18BFO3. The number of hydrogen-bond donors (Lipinski definition) is 0. The monoisotopic (exact) mass is 312 g/mol. The third-order valence-electron chi connectivity index (χ3n) is 5.00. The lowest BCUT2D eigenvalue weighted by Gasteiger charge is -2.32. The molecule has 2 heterocycles. The van der Waals surface area contributed by atoms with Gasteiger partial charge < -0.3 is 13.7 Å². The first-order valence-electron chi connectivity index (χ1n) is 7.75. The topological polar surface area (TPSA) is 31.6 Å². The third-order valence-corrected chi connectivity index (χ3v) is 5.00. The zero-order valence-electron chi connectivity index (χ0n) is 13.6. The van der Waals surface area contributed by atoms with Crippen molar-refractivity contribution in [1.29, 1.82) is 0 Å². The molecule has 0 saturated carbocycles. The van der Waals surface area contributed by atoms with E-state index >= 15 is 0 Å². The average molecular weight is 312 g/mol. The molecule has 0 atom stereocenters. The molecule has 0 unspecified atom stereocenters. The van der Waals surface area contributed by atoms with E-state index in [0.717, 1.165) is 16.2 Å². The van der Waals surface area contributed by atoms with Crippen molar-refractivity contribution in [3.05, 3.63) is 42.2 Å². The van der Waals surface area contributed by atoms with Crippen LogP contribution in [0.4, 0.5) is 4.39 Å². The Morgan fingerprint density at radius 1 is 0.913 bits per heavy atom. The zero-order chi connectivity index (χ0) is 16.4. The highest BCUT2D eigenvalue weighted by molar-refractivity contribution is 6.65. The van der Waals surface area contributed by atoms with E-state index in [1.54, 1.807) is 6.07 Å². The molecule has 3 aromatic rings. The van der Waals surface area contributed by atoms with E-state index in [1.807, 2.05) is 45.9 Å². The second kappa shape index (κ2) is 4.59. The molecule has 118 valence electrons. The number of furan rings is 1.